The molecule has 126 valence electrons. The zero-order chi connectivity index (χ0) is 16.4. The Labute approximate surface area is 146 Å². The van der Waals surface area contributed by atoms with Gasteiger partial charge in [0.25, 0.3) is 5.91 Å². The molecular weight excluding hydrogens is 318 g/mol. The highest BCUT2D eigenvalue weighted by Crippen LogP contribution is 2.28. The van der Waals surface area contributed by atoms with Crippen LogP contribution in [0.15, 0.2) is 36.5 Å². The first kappa shape index (κ1) is 15.8. The fraction of sp³-hybridized carbons (Fsp3) is 0.474. The number of benzene rings is 1. The fourth-order valence-electron chi connectivity index (χ4n) is 3.84. The second-order valence-electron chi connectivity index (χ2n) is 6.83. The molecule has 1 amide bonds. The molecule has 0 spiro atoms. The van der Waals surface area contributed by atoms with Crippen molar-refractivity contribution in [3.63, 3.8) is 0 Å². The maximum absolute atomic E-state index is 12.8. The van der Waals surface area contributed by atoms with Crippen LogP contribution in [0.1, 0.15) is 33.1 Å². The second-order valence-corrected chi connectivity index (χ2v) is 7.94. The van der Waals surface area contributed by atoms with Crippen LogP contribution in [0, 0.1) is 11.8 Å². The summed E-state index contributed by atoms with van der Waals surface area (Å²) in [6.07, 6.45) is 4.81. The van der Waals surface area contributed by atoms with Crippen molar-refractivity contribution in [1.29, 1.82) is 0 Å². The smallest absolute Gasteiger partial charge is 0.265 e. The summed E-state index contributed by atoms with van der Waals surface area (Å²) in [5.41, 5.74) is 1.24. The Morgan fingerprint density at radius 2 is 1.88 bits per heavy atom. The summed E-state index contributed by atoms with van der Waals surface area (Å²) < 4.78 is 0. The number of carbonyl (C=O) groups excluding carboxylic acids is 1. The third kappa shape index (κ3) is 3.37. The summed E-state index contributed by atoms with van der Waals surface area (Å²) >= 11 is 1.54. The molecule has 0 aliphatic carbocycles. The largest absolute Gasteiger partial charge is 0.338 e. The molecule has 2 aliphatic rings. The van der Waals surface area contributed by atoms with Gasteiger partial charge in [0.15, 0.2) is 0 Å². The number of fused-ring (bicyclic) bond motifs is 1. The van der Waals surface area contributed by atoms with E-state index >= 15 is 0 Å². The van der Waals surface area contributed by atoms with Gasteiger partial charge in [-0.15, -0.1) is 11.3 Å². The van der Waals surface area contributed by atoms with E-state index in [9.17, 15) is 4.79 Å². The van der Waals surface area contributed by atoms with Crippen LogP contribution >= 0.6 is 11.3 Å². The molecule has 4 nitrogen and oxygen atoms in total. The molecule has 1 aromatic carbocycles. The zero-order valence-electron chi connectivity index (χ0n) is 13.8. The minimum atomic E-state index is 0.166. The van der Waals surface area contributed by atoms with Gasteiger partial charge in [0.2, 0.25) is 0 Å². The zero-order valence-corrected chi connectivity index (χ0v) is 14.6. The average Bonchev–Trinajstić information content (AvgIpc) is 3.21. The number of rotatable bonds is 3. The first-order chi connectivity index (χ1) is 11.8. The Hall–Kier alpha value is -1.72. The maximum Gasteiger partial charge on any atom is 0.265 e. The Morgan fingerprint density at radius 3 is 2.58 bits per heavy atom. The third-order valence-corrected chi connectivity index (χ3v) is 6.25. The number of aromatic nitrogens is 1. The summed E-state index contributed by atoms with van der Waals surface area (Å²) in [4.78, 5) is 20.1. The van der Waals surface area contributed by atoms with E-state index in [-0.39, 0.29) is 5.91 Å². The molecule has 2 aromatic rings. The van der Waals surface area contributed by atoms with Crippen LogP contribution in [0.3, 0.4) is 0 Å². The van der Waals surface area contributed by atoms with Gasteiger partial charge in [-0.1, -0.05) is 30.3 Å². The van der Waals surface area contributed by atoms with Crippen LogP contribution < -0.4 is 5.32 Å². The average molecular weight is 341 g/mol. The van der Waals surface area contributed by atoms with E-state index < -0.39 is 0 Å². The van der Waals surface area contributed by atoms with Crippen LogP contribution in [0.2, 0.25) is 0 Å². The van der Waals surface area contributed by atoms with Crippen molar-refractivity contribution in [2.24, 2.45) is 11.8 Å². The van der Waals surface area contributed by atoms with Crippen molar-refractivity contribution in [3.8, 4) is 0 Å². The van der Waals surface area contributed by atoms with Crippen molar-refractivity contribution in [2.45, 2.75) is 19.3 Å². The number of thiazole rings is 1. The van der Waals surface area contributed by atoms with Crippen molar-refractivity contribution in [3.05, 3.63) is 52.0 Å². The van der Waals surface area contributed by atoms with Gasteiger partial charge in [-0.2, -0.15) is 0 Å². The van der Waals surface area contributed by atoms with E-state index in [0.717, 1.165) is 67.2 Å². The summed E-state index contributed by atoms with van der Waals surface area (Å²) in [6.45, 7) is 4.00. The Bertz CT molecular complexity index is 686. The highest BCUT2D eigenvalue weighted by molar-refractivity contribution is 7.13. The highest BCUT2D eigenvalue weighted by atomic mass is 32.1. The van der Waals surface area contributed by atoms with E-state index in [0.29, 0.717) is 0 Å². The molecule has 0 bridgehead atoms. The van der Waals surface area contributed by atoms with E-state index in [4.69, 9.17) is 0 Å². The number of likely N-dealkylation sites (tertiary alicyclic amines) is 1. The predicted molar refractivity (Wildman–Crippen MR) is 96.3 cm³/mol. The molecular formula is C19H23N3OS. The van der Waals surface area contributed by atoms with E-state index in [1.54, 1.807) is 17.5 Å². The van der Waals surface area contributed by atoms with E-state index in [1.165, 1.54) is 5.56 Å². The number of amides is 1. The van der Waals surface area contributed by atoms with Gasteiger partial charge >= 0.3 is 0 Å². The quantitative estimate of drug-likeness (QED) is 0.934. The Morgan fingerprint density at radius 1 is 1.17 bits per heavy atom. The van der Waals surface area contributed by atoms with Crippen LogP contribution in [0.25, 0.3) is 0 Å². The second kappa shape index (κ2) is 7.03. The monoisotopic (exact) mass is 341 g/mol. The van der Waals surface area contributed by atoms with Gasteiger partial charge in [-0.25, -0.2) is 4.98 Å². The SMILES string of the molecule is O=C(c1cnc(Cc2ccccc2)s1)N1CC[C@@H]2CNC[C@@H]2CC1. The highest BCUT2D eigenvalue weighted by Gasteiger charge is 2.32. The topological polar surface area (TPSA) is 45.2 Å². The molecule has 4 rings (SSSR count). The van der Waals surface area contributed by atoms with E-state index in [2.05, 4.69) is 22.4 Å². The van der Waals surface area contributed by atoms with Gasteiger partial charge in [-0.05, 0) is 43.3 Å². The van der Waals surface area contributed by atoms with Gasteiger partial charge in [-0.3, -0.25) is 4.79 Å². The molecule has 2 fully saturated rings. The number of nitrogens with zero attached hydrogens (tertiary/aromatic N) is 2. The lowest BCUT2D eigenvalue weighted by Gasteiger charge is -2.19. The maximum atomic E-state index is 12.8. The minimum Gasteiger partial charge on any atom is -0.338 e. The van der Waals surface area contributed by atoms with Crippen LogP contribution in [-0.4, -0.2) is 42.0 Å². The molecule has 2 saturated heterocycles. The van der Waals surface area contributed by atoms with E-state index in [1.807, 2.05) is 23.1 Å². The van der Waals surface area contributed by atoms with Gasteiger partial charge in [0.05, 0.1) is 11.2 Å². The summed E-state index contributed by atoms with van der Waals surface area (Å²) in [5, 5.41) is 4.50. The van der Waals surface area contributed by atoms with Crippen molar-refractivity contribution < 1.29 is 4.79 Å². The van der Waals surface area contributed by atoms with Crippen LogP contribution in [-0.2, 0) is 6.42 Å². The molecule has 5 heteroatoms. The number of hydrogen-bond donors (Lipinski definition) is 1. The molecule has 1 aromatic heterocycles. The fourth-order valence-corrected chi connectivity index (χ4v) is 4.76. The lowest BCUT2D eigenvalue weighted by atomic mass is 9.92. The lowest BCUT2D eigenvalue weighted by Crippen LogP contribution is -2.32. The van der Waals surface area contributed by atoms with Crippen molar-refractivity contribution in [1.82, 2.24) is 15.2 Å². The van der Waals surface area contributed by atoms with Gasteiger partial charge in [0, 0.05) is 19.5 Å². The molecule has 24 heavy (non-hydrogen) atoms. The molecule has 0 radical (unpaired) electrons. The molecule has 0 unspecified atom stereocenters. The Kier molecular flexibility index (Phi) is 4.63. The molecule has 1 N–H and O–H groups in total. The van der Waals surface area contributed by atoms with Gasteiger partial charge in [0.1, 0.15) is 4.88 Å². The Balaban J connectivity index is 1.41. The summed E-state index contributed by atoms with van der Waals surface area (Å²) in [6, 6.07) is 10.3. The summed E-state index contributed by atoms with van der Waals surface area (Å²) in [5.74, 6) is 1.66. The third-order valence-electron chi connectivity index (χ3n) is 5.27. The number of hydrogen-bond acceptors (Lipinski definition) is 4. The van der Waals surface area contributed by atoms with Crippen molar-refractivity contribution in [2.75, 3.05) is 26.2 Å². The van der Waals surface area contributed by atoms with Crippen molar-refractivity contribution >= 4 is 17.2 Å². The number of nitrogens with one attached hydrogen (secondary N) is 1. The normalized spacial score (nSPS) is 23.8. The predicted octanol–water partition coefficient (Wildman–Crippen LogP) is 2.81. The minimum absolute atomic E-state index is 0.166. The molecule has 2 aliphatic heterocycles. The number of carbonyl (C=O) groups is 1. The molecule has 2 atom stereocenters. The molecule has 3 heterocycles. The van der Waals surface area contributed by atoms with Crippen LogP contribution in [0.4, 0.5) is 0 Å². The summed E-state index contributed by atoms with van der Waals surface area (Å²) in [7, 11) is 0. The lowest BCUT2D eigenvalue weighted by molar-refractivity contribution is 0.0763. The van der Waals surface area contributed by atoms with Gasteiger partial charge < -0.3 is 10.2 Å². The van der Waals surface area contributed by atoms with Crippen LogP contribution in [0.5, 0.6) is 0 Å². The first-order valence-corrected chi connectivity index (χ1v) is 9.60. The first-order valence-electron chi connectivity index (χ1n) is 8.78. The standard InChI is InChI=1S/C19H23N3OS/c23-19(22-8-6-15-11-20-12-16(15)7-9-22)17-13-21-18(24-17)10-14-4-2-1-3-5-14/h1-5,13,15-16,20H,6-12H2/t15-,16+. The molecule has 0 saturated carbocycles.